The molecule has 0 aliphatic carbocycles. The van der Waals surface area contributed by atoms with Crippen LogP contribution in [0, 0.1) is 19.3 Å². The Morgan fingerprint density at radius 2 is 1.88 bits per heavy atom. The van der Waals surface area contributed by atoms with Gasteiger partial charge in [-0.05, 0) is 19.3 Å². The van der Waals surface area contributed by atoms with Gasteiger partial charge in [0.25, 0.3) is 0 Å². The maximum atomic E-state index is 12.2. The summed E-state index contributed by atoms with van der Waals surface area (Å²) in [6.07, 6.45) is 0. The Labute approximate surface area is 102 Å². The monoisotopic (exact) mass is 260 g/mol. The van der Waals surface area contributed by atoms with E-state index in [2.05, 4.69) is 5.16 Å². The lowest BCUT2D eigenvalue weighted by molar-refractivity contribution is 0.340. The molecule has 1 rings (SSSR count). The highest BCUT2D eigenvalue weighted by atomic mass is 32.2. The molecule has 0 spiro atoms. The van der Waals surface area contributed by atoms with Crippen LogP contribution in [0.5, 0.6) is 0 Å². The fourth-order valence-corrected chi connectivity index (χ4v) is 3.59. The van der Waals surface area contributed by atoms with Crippen LogP contribution in [-0.4, -0.2) is 25.4 Å². The van der Waals surface area contributed by atoms with E-state index in [4.69, 9.17) is 10.3 Å². The van der Waals surface area contributed by atoms with Crippen molar-refractivity contribution in [1.82, 2.24) is 5.16 Å². The van der Waals surface area contributed by atoms with Crippen molar-refractivity contribution >= 4 is 9.84 Å². The normalized spacial score (nSPS) is 14.9. The molecule has 0 fully saturated rings. The SMILES string of the molecule is Cc1noc(C)c1S(=O)(=O)CC(N)C(C)(C)C. The molecule has 0 aromatic carbocycles. The topological polar surface area (TPSA) is 86.2 Å². The van der Waals surface area contributed by atoms with Gasteiger partial charge < -0.3 is 10.3 Å². The Hall–Kier alpha value is -0.880. The molecule has 98 valence electrons. The second-order valence-electron chi connectivity index (χ2n) is 5.41. The Morgan fingerprint density at radius 1 is 1.35 bits per heavy atom. The third kappa shape index (κ3) is 3.07. The average Bonchev–Trinajstić information content (AvgIpc) is 2.43. The molecule has 17 heavy (non-hydrogen) atoms. The van der Waals surface area contributed by atoms with E-state index < -0.39 is 15.9 Å². The lowest BCUT2D eigenvalue weighted by Gasteiger charge is -2.26. The number of rotatable bonds is 3. The van der Waals surface area contributed by atoms with E-state index in [0.29, 0.717) is 11.5 Å². The number of nitrogens with two attached hydrogens (primary N) is 1. The molecular formula is C11H20N2O3S. The zero-order valence-electron chi connectivity index (χ0n) is 10.9. The van der Waals surface area contributed by atoms with Crippen molar-refractivity contribution < 1.29 is 12.9 Å². The zero-order valence-corrected chi connectivity index (χ0v) is 11.8. The molecular weight excluding hydrogens is 240 g/mol. The Bertz CT molecular complexity index is 478. The maximum absolute atomic E-state index is 12.2. The van der Waals surface area contributed by atoms with Crippen LogP contribution in [0.1, 0.15) is 32.2 Å². The number of sulfone groups is 1. The molecule has 0 aliphatic rings. The van der Waals surface area contributed by atoms with Crippen molar-refractivity contribution in [2.75, 3.05) is 5.75 Å². The van der Waals surface area contributed by atoms with Crippen LogP contribution in [-0.2, 0) is 9.84 Å². The van der Waals surface area contributed by atoms with E-state index in [1.165, 1.54) is 0 Å². The molecule has 0 aliphatic heterocycles. The predicted molar refractivity (Wildman–Crippen MR) is 65.5 cm³/mol. The van der Waals surface area contributed by atoms with Gasteiger partial charge in [-0.25, -0.2) is 8.42 Å². The zero-order chi connectivity index (χ0) is 13.4. The number of hydrogen-bond donors (Lipinski definition) is 1. The highest BCUT2D eigenvalue weighted by Gasteiger charge is 2.31. The highest BCUT2D eigenvalue weighted by molar-refractivity contribution is 7.91. The summed E-state index contributed by atoms with van der Waals surface area (Å²) in [5.41, 5.74) is 6.05. The first-order chi connectivity index (χ1) is 7.55. The van der Waals surface area contributed by atoms with Crippen LogP contribution in [0.3, 0.4) is 0 Å². The number of hydrogen-bond acceptors (Lipinski definition) is 5. The van der Waals surface area contributed by atoms with Crippen LogP contribution in [0.15, 0.2) is 9.42 Å². The molecule has 0 amide bonds. The van der Waals surface area contributed by atoms with Gasteiger partial charge in [0.15, 0.2) is 15.6 Å². The molecule has 1 unspecified atom stereocenters. The summed E-state index contributed by atoms with van der Waals surface area (Å²) in [5, 5.41) is 3.66. The van der Waals surface area contributed by atoms with Gasteiger partial charge in [0.05, 0.1) is 11.4 Å². The summed E-state index contributed by atoms with van der Waals surface area (Å²) in [7, 11) is -3.44. The second kappa shape index (κ2) is 4.42. The van der Waals surface area contributed by atoms with Crippen molar-refractivity contribution in [2.24, 2.45) is 11.1 Å². The smallest absolute Gasteiger partial charge is 0.185 e. The van der Waals surface area contributed by atoms with Gasteiger partial charge in [0, 0.05) is 6.04 Å². The number of nitrogens with zero attached hydrogens (tertiary/aromatic N) is 1. The average molecular weight is 260 g/mol. The lowest BCUT2D eigenvalue weighted by atomic mass is 9.89. The third-order valence-electron chi connectivity index (χ3n) is 2.79. The molecule has 0 saturated carbocycles. The van der Waals surface area contributed by atoms with Gasteiger partial charge in [-0.3, -0.25) is 0 Å². The third-order valence-corrected chi connectivity index (χ3v) is 4.79. The summed E-state index contributed by atoms with van der Waals surface area (Å²) >= 11 is 0. The van der Waals surface area contributed by atoms with Crippen LogP contribution in [0.2, 0.25) is 0 Å². The minimum Gasteiger partial charge on any atom is -0.360 e. The van der Waals surface area contributed by atoms with Gasteiger partial charge in [0.1, 0.15) is 4.90 Å². The van der Waals surface area contributed by atoms with Crippen molar-refractivity contribution in [2.45, 2.75) is 45.6 Å². The Balaban J connectivity index is 3.07. The fourth-order valence-electron chi connectivity index (χ4n) is 1.49. The van der Waals surface area contributed by atoms with Crippen molar-refractivity contribution in [3.8, 4) is 0 Å². The van der Waals surface area contributed by atoms with Crippen LogP contribution < -0.4 is 5.73 Å². The molecule has 0 radical (unpaired) electrons. The van der Waals surface area contributed by atoms with Gasteiger partial charge in [-0.1, -0.05) is 25.9 Å². The fraction of sp³-hybridized carbons (Fsp3) is 0.727. The van der Waals surface area contributed by atoms with Crippen LogP contribution >= 0.6 is 0 Å². The van der Waals surface area contributed by atoms with Gasteiger partial charge >= 0.3 is 0 Å². The largest absolute Gasteiger partial charge is 0.360 e. The molecule has 1 aromatic rings. The van der Waals surface area contributed by atoms with Crippen molar-refractivity contribution in [1.29, 1.82) is 0 Å². The lowest BCUT2D eigenvalue weighted by Crippen LogP contribution is -2.41. The minimum atomic E-state index is -3.44. The quantitative estimate of drug-likeness (QED) is 0.888. The van der Waals surface area contributed by atoms with Crippen LogP contribution in [0.4, 0.5) is 0 Å². The summed E-state index contributed by atoms with van der Waals surface area (Å²) in [5.74, 6) is 0.225. The van der Waals surface area contributed by atoms with E-state index in [1.54, 1.807) is 13.8 Å². The van der Waals surface area contributed by atoms with E-state index in [0.717, 1.165) is 0 Å². The molecule has 0 saturated heterocycles. The number of aromatic nitrogens is 1. The highest BCUT2D eigenvalue weighted by Crippen LogP contribution is 2.25. The molecule has 2 N–H and O–H groups in total. The van der Waals surface area contributed by atoms with Gasteiger partial charge in [0.2, 0.25) is 0 Å². The Kier molecular flexibility index (Phi) is 3.69. The summed E-state index contributed by atoms with van der Waals surface area (Å²) in [6.45, 7) is 8.96. The van der Waals surface area contributed by atoms with Crippen molar-refractivity contribution in [3.05, 3.63) is 11.5 Å². The predicted octanol–water partition coefficient (Wildman–Crippen LogP) is 1.44. The van der Waals surface area contributed by atoms with E-state index in [-0.39, 0.29) is 16.1 Å². The first-order valence-corrected chi connectivity index (χ1v) is 7.12. The standard InChI is InChI=1S/C11H20N2O3S/c1-7-10(8(2)16-13-7)17(14,15)6-9(12)11(3,4)5/h9H,6,12H2,1-5H3. The second-order valence-corrected chi connectivity index (χ2v) is 7.38. The number of aryl methyl sites for hydroxylation is 2. The summed E-state index contributed by atoms with van der Waals surface area (Å²) < 4.78 is 29.3. The van der Waals surface area contributed by atoms with Gasteiger partial charge in [-0.2, -0.15) is 0 Å². The molecule has 1 heterocycles. The molecule has 1 atom stereocenters. The van der Waals surface area contributed by atoms with E-state index in [1.807, 2.05) is 20.8 Å². The first kappa shape index (κ1) is 14.2. The molecule has 0 bridgehead atoms. The van der Waals surface area contributed by atoms with Crippen LogP contribution in [0.25, 0.3) is 0 Å². The minimum absolute atomic E-state index is 0.0978. The van der Waals surface area contributed by atoms with E-state index >= 15 is 0 Å². The first-order valence-electron chi connectivity index (χ1n) is 5.47. The summed E-state index contributed by atoms with van der Waals surface area (Å²) in [4.78, 5) is 0.178. The van der Waals surface area contributed by atoms with Gasteiger partial charge in [-0.15, -0.1) is 0 Å². The molecule has 5 nitrogen and oxygen atoms in total. The van der Waals surface area contributed by atoms with E-state index in [9.17, 15) is 8.42 Å². The maximum Gasteiger partial charge on any atom is 0.185 e. The molecule has 6 heteroatoms. The van der Waals surface area contributed by atoms with Crippen molar-refractivity contribution in [3.63, 3.8) is 0 Å². The molecule has 1 aromatic heterocycles. The summed E-state index contributed by atoms with van der Waals surface area (Å²) in [6, 6.07) is -0.429. The Morgan fingerprint density at radius 3 is 2.24 bits per heavy atom.